The van der Waals surface area contributed by atoms with Crippen LogP contribution >= 0.6 is 0 Å². The van der Waals surface area contributed by atoms with Crippen LogP contribution in [0.5, 0.6) is 0 Å². The van der Waals surface area contributed by atoms with Crippen LogP contribution in [0, 0.1) is 0 Å². The van der Waals surface area contributed by atoms with E-state index in [1.165, 1.54) is 12.8 Å². The van der Waals surface area contributed by atoms with Gasteiger partial charge in [0.25, 0.3) is 0 Å². The second-order valence-corrected chi connectivity index (χ2v) is 4.08. The maximum Gasteiger partial charge on any atom is 0.165 e. The highest BCUT2D eigenvalue weighted by Gasteiger charge is 2.35. The molecule has 2 rings (SSSR count). The van der Waals surface area contributed by atoms with E-state index in [0.29, 0.717) is 6.04 Å². The second kappa shape index (κ2) is 3.35. The van der Waals surface area contributed by atoms with Gasteiger partial charge in [0.15, 0.2) is 5.82 Å². The number of methoxy groups -OCH3 is 1. The number of ether oxygens (including phenoxy) is 1. The Morgan fingerprint density at radius 1 is 1.64 bits per heavy atom. The smallest absolute Gasteiger partial charge is 0.165 e. The lowest BCUT2D eigenvalue weighted by Crippen LogP contribution is -2.27. The van der Waals surface area contributed by atoms with Gasteiger partial charge in [0.05, 0.1) is 0 Å². The van der Waals surface area contributed by atoms with E-state index >= 15 is 0 Å². The first-order chi connectivity index (χ1) is 6.71. The molecule has 0 saturated heterocycles. The summed E-state index contributed by atoms with van der Waals surface area (Å²) in [6, 6.07) is 0.612. The molecule has 1 unspecified atom stereocenters. The molecule has 4 nitrogen and oxygen atoms in total. The van der Waals surface area contributed by atoms with Gasteiger partial charge in [0.2, 0.25) is 0 Å². The molecule has 1 aliphatic rings. The molecule has 0 amide bonds. The minimum absolute atomic E-state index is 0.293. The van der Waals surface area contributed by atoms with Crippen molar-refractivity contribution < 1.29 is 4.74 Å². The highest BCUT2D eigenvalue weighted by atomic mass is 16.5. The zero-order chi connectivity index (χ0) is 10.2. The molecule has 1 saturated carbocycles. The number of rotatable bonds is 4. The SMILES string of the molecule is CCC(C)(OC)c1nncn1C1CC1. The first-order valence-electron chi connectivity index (χ1n) is 5.16. The quantitative estimate of drug-likeness (QED) is 0.736. The van der Waals surface area contributed by atoms with Crippen molar-refractivity contribution >= 4 is 0 Å². The Bertz CT molecular complexity index is 313. The third kappa shape index (κ3) is 1.43. The van der Waals surface area contributed by atoms with Crippen molar-refractivity contribution in [3.05, 3.63) is 12.2 Å². The molecule has 1 aromatic rings. The largest absolute Gasteiger partial charge is 0.371 e. The molecule has 1 atom stereocenters. The van der Waals surface area contributed by atoms with Gasteiger partial charge in [-0.05, 0) is 26.2 Å². The van der Waals surface area contributed by atoms with Crippen molar-refractivity contribution in [2.45, 2.75) is 44.8 Å². The van der Waals surface area contributed by atoms with E-state index in [2.05, 4.69) is 28.6 Å². The van der Waals surface area contributed by atoms with Crippen LogP contribution in [-0.2, 0) is 10.3 Å². The van der Waals surface area contributed by atoms with Crippen LogP contribution in [0.2, 0.25) is 0 Å². The van der Waals surface area contributed by atoms with Crippen LogP contribution in [0.3, 0.4) is 0 Å². The topological polar surface area (TPSA) is 39.9 Å². The van der Waals surface area contributed by atoms with Crippen LogP contribution < -0.4 is 0 Å². The van der Waals surface area contributed by atoms with Gasteiger partial charge in [-0.3, -0.25) is 0 Å². The summed E-state index contributed by atoms with van der Waals surface area (Å²) in [4.78, 5) is 0. The van der Waals surface area contributed by atoms with Gasteiger partial charge < -0.3 is 9.30 Å². The normalized spacial score (nSPS) is 20.8. The summed E-state index contributed by atoms with van der Waals surface area (Å²) in [6.45, 7) is 4.17. The molecule has 0 radical (unpaired) electrons. The van der Waals surface area contributed by atoms with Gasteiger partial charge in [0.1, 0.15) is 11.9 Å². The first-order valence-corrected chi connectivity index (χ1v) is 5.16. The molecule has 0 spiro atoms. The average Bonchev–Trinajstić information content (AvgIpc) is 2.95. The zero-order valence-electron chi connectivity index (χ0n) is 9.03. The molecule has 0 aromatic carbocycles. The van der Waals surface area contributed by atoms with E-state index in [1.54, 1.807) is 7.11 Å². The molecule has 0 bridgehead atoms. The first kappa shape index (κ1) is 9.65. The van der Waals surface area contributed by atoms with E-state index in [4.69, 9.17) is 4.74 Å². The fraction of sp³-hybridized carbons (Fsp3) is 0.800. The maximum absolute atomic E-state index is 5.53. The third-order valence-electron chi connectivity index (χ3n) is 3.11. The lowest BCUT2D eigenvalue weighted by molar-refractivity contribution is -0.0121. The lowest BCUT2D eigenvalue weighted by Gasteiger charge is -2.25. The Morgan fingerprint density at radius 2 is 2.36 bits per heavy atom. The highest BCUT2D eigenvalue weighted by Crippen LogP contribution is 2.38. The Kier molecular flexibility index (Phi) is 2.31. The molecule has 1 aromatic heterocycles. The third-order valence-corrected chi connectivity index (χ3v) is 3.11. The minimum atomic E-state index is -0.293. The monoisotopic (exact) mass is 195 g/mol. The van der Waals surface area contributed by atoms with Crippen LogP contribution in [-0.4, -0.2) is 21.9 Å². The summed E-state index contributed by atoms with van der Waals surface area (Å²) in [5, 5.41) is 8.16. The second-order valence-electron chi connectivity index (χ2n) is 4.08. The summed E-state index contributed by atoms with van der Waals surface area (Å²) in [6.07, 6.45) is 5.22. The lowest BCUT2D eigenvalue weighted by atomic mass is 10.0. The maximum atomic E-state index is 5.53. The molecule has 1 fully saturated rings. The molecular formula is C10H17N3O. The summed E-state index contributed by atoms with van der Waals surface area (Å²) in [7, 11) is 1.73. The van der Waals surface area contributed by atoms with E-state index in [-0.39, 0.29) is 5.60 Å². The van der Waals surface area contributed by atoms with E-state index < -0.39 is 0 Å². The van der Waals surface area contributed by atoms with Crippen molar-refractivity contribution in [2.24, 2.45) is 0 Å². The molecular weight excluding hydrogens is 178 g/mol. The van der Waals surface area contributed by atoms with E-state index in [1.807, 2.05) is 6.33 Å². The fourth-order valence-corrected chi connectivity index (χ4v) is 1.63. The Balaban J connectivity index is 2.33. The number of hydrogen-bond acceptors (Lipinski definition) is 3. The van der Waals surface area contributed by atoms with Crippen LogP contribution in [0.25, 0.3) is 0 Å². The molecule has 1 heterocycles. The van der Waals surface area contributed by atoms with Crippen molar-refractivity contribution in [3.63, 3.8) is 0 Å². The van der Waals surface area contributed by atoms with Crippen LogP contribution in [0.15, 0.2) is 6.33 Å². The van der Waals surface area contributed by atoms with Gasteiger partial charge in [0, 0.05) is 13.2 Å². The number of nitrogens with zero attached hydrogens (tertiary/aromatic N) is 3. The summed E-state index contributed by atoms with van der Waals surface area (Å²) >= 11 is 0. The fourth-order valence-electron chi connectivity index (χ4n) is 1.63. The molecule has 1 aliphatic carbocycles. The van der Waals surface area contributed by atoms with Crippen LogP contribution in [0.1, 0.15) is 45.0 Å². The van der Waals surface area contributed by atoms with Gasteiger partial charge in [-0.25, -0.2) is 0 Å². The Morgan fingerprint density at radius 3 is 2.86 bits per heavy atom. The standard InChI is InChI=1S/C10H17N3O/c1-4-10(2,14-3)9-12-11-7-13(9)8-5-6-8/h7-8H,4-6H2,1-3H3. The van der Waals surface area contributed by atoms with Crippen molar-refractivity contribution in [1.29, 1.82) is 0 Å². The zero-order valence-corrected chi connectivity index (χ0v) is 9.03. The highest BCUT2D eigenvalue weighted by molar-refractivity contribution is 5.04. The molecule has 78 valence electrons. The average molecular weight is 195 g/mol. The van der Waals surface area contributed by atoms with Crippen molar-refractivity contribution in [3.8, 4) is 0 Å². The van der Waals surface area contributed by atoms with E-state index in [0.717, 1.165) is 12.2 Å². The molecule has 14 heavy (non-hydrogen) atoms. The van der Waals surface area contributed by atoms with Crippen LogP contribution in [0.4, 0.5) is 0 Å². The predicted octanol–water partition coefficient (Wildman–Crippen LogP) is 1.88. The summed E-state index contributed by atoms with van der Waals surface area (Å²) < 4.78 is 7.69. The summed E-state index contributed by atoms with van der Waals surface area (Å²) in [5.74, 6) is 0.963. The molecule has 0 aliphatic heterocycles. The van der Waals surface area contributed by atoms with Crippen molar-refractivity contribution in [2.75, 3.05) is 7.11 Å². The van der Waals surface area contributed by atoms with E-state index in [9.17, 15) is 0 Å². The molecule has 0 N–H and O–H groups in total. The van der Waals surface area contributed by atoms with Gasteiger partial charge in [-0.2, -0.15) is 0 Å². The number of aromatic nitrogens is 3. The Hall–Kier alpha value is -0.900. The number of hydrogen-bond donors (Lipinski definition) is 0. The predicted molar refractivity (Wildman–Crippen MR) is 52.9 cm³/mol. The van der Waals surface area contributed by atoms with Gasteiger partial charge >= 0.3 is 0 Å². The van der Waals surface area contributed by atoms with Crippen molar-refractivity contribution in [1.82, 2.24) is 14.8 Å². The molecule has 4 heteroatoms. The van der Waals surface area contributed by atoms with Gasteiger partial charge in [-0.1, -0.05) is 6.92 Å². The minimum Gasteiger partial charge on any atom is -0.371 e. The van der Waals surface area contributed by atoms with Gasteiger partial charge in [-0.15, -0.1) is 10.2 Å². The summed E-state index contributed by atoms with van der Waals surface area (Å²) in [5.41, 5.74) is -0.293. The Labute approximate surface area is 84.3 Å².